The average Bonchev–Trinajstić information content (AvgIpc) is 2.46. The minimum Gasteiger partial charge on any atom is -0.334 e. The molecule has 0 aliphatic carbocycles. The normalized spacial score (nSPS) is 22.4. The van der Waals surface area contributed by atoms with E-state index in [-0.39, 0.29) is 23.9 Å². The number of carbonyl (C=O) groups excluding carboxylic acids is 1. The Morgan fingerprint density at radius 3 is 2.60 bits per heavy atom. The number of hydrogen-bond acceptors (Lipinski definition) is 3. The second-order valence-electron chi connectivity index (χ2n) is 5.68. The third kappa shape index (κ3) is 3.36. The number of thioether (sulfide) groups is 1. The quantitative estimate of drug-likeness (QED) is 0.931. The van der Waals surface area contributed by atoms with Gasteiger partial charge in [-0.15, -0.1) is 0 Å². The molecule has 1 aromatic rings. The molecule has 0 radical (unpaired) electrons. The highest BCUT2D eigenvalue weighted by Gasteiger charge is 2.31. The van der Waals surface area contributed by atoms with Crippen LogP contribution in [0, 0.1) is 12.8 Å². The summed E-state index contributed by atoms with van der Waals surface area (Å²) < 4.78 is 0. The van der Waals surface area contributed by atoms with Gasteiger partial charge in [0.1, 0.15) is 0 Å². The van der Waals surface area contributed by atoms with Gasteiger partial charge in [-0.1, -0.05) is 36.8 Å². The summed E-state index contributed by atoms with van der Waals surface area (Å²) in [6.07, 6.45) is 0. The summed E-state index contributed by atoms with van der Waals surface area (Å²) in [5, 5.41) is 0. The maximum Gasteiger partial charge on any atom is 0.227 e. The highest BCUT2D eigenvalue weighted by molar-refractivity contribution is 7.99. The van der Waals surface area contributed by atoms with Gasteiger partial charge in [0.15, 0.2) is 0 Å². The largest absolute Gasteiger partial charge is 0.334 e. The molecule has 4 heteroatoms. The first-order valence-electron chi connectivity index (χ1n) is 7.21. The third-order valence-electron chi connectivity index (χ3n) is 4.05. The van der Waals surface area contributed by atoms with Crippen molar-refractivity contribution in [3.8, 4) is 0 Å². The third-order valence-corrected chi connectivity index (χ3v) is 5.07. The van der Waals surface area contributed by atoms with Crippen LogP contribution in [0.3, 0.4) is 0 Å². The highest BCUT2D eigenvalue weighted by atomic mass is 32.2. The lowest BCUT2D eigenvalue weighted by atomic mass is 9.99. The number of benzene rings is 1. The van der Waals surface area contributed by atoms with Crippen molar-refractivity contribution in [2.45, 2.75) is 32.9 Å². The van der Waals surface area contributed by atoms with Crippen LogP contribution >= 0.6 is 11.8 Å². The number of nitrogens with zero attached hydrogens (tertiary/aromatic N) is 1. The van der Waals surface area contributed by atoms with Crippen molar-refractivity contribution in [3.05, 3.63) is 35.4 Å². The summed E-state index contributed by atoms with van der Waals surface area (Å²) in [4.78, 5) is 14.6. The molecule has 1 aliphatic rings. The first-order chi connectivity index (χ1) is 9.50. The van der Waals surface area contributed by atoms with Gasteiger partial charge in [0.05, 0.1) is 12.0 Å². The van der Waals surface area contributed by atoms with E-state index in [0.29, 0.717) is 0 Å². The molecular weight excluding hydrogens is 268 g/mol. The van der Waals surface area contributed by atoms with Crippen molar-refractivity contribution >= 4 is 17.7 Å². The molecule has 1 aromatic carbocycles. The topological polar surface area (TPSA) is 46.3 Å². The van der Waals surface area contributed by atoms with E-state index in [0.717, 1.165) is 18.1 Å². The predicted molar refractivity (Wildman–Crippen MR) is 85.8 cm³/mol. The Kier molecular flexibility index (Phi) is 5.11. The number of hydrogen-bond donors (Lipinski definition) is 1. The molecule has 1 fully saturated rings. The van der Waals surface area contributed by atoms with Crippen molar-refractivity contribution in [3.63, 3.8) is 0 Å². The van der Waals surface area contributed by atoms with Crippen LogP contribution < -0.4 is 5.73 Å². The summed E-state index contributed by atoms with van der Waals surface area (Å²) in [6, 6.07) is 8.60. The molecule has 3 nitrogen and oxygen atoms in total. The van der Waals surface area contributed by atoms with E-state index in [1.165, 1.54) is 11.1 Å². The molecular formula is C16H24N2OS. The van der Waals surface area contributed by atoms with Gasteiger partial charge in [-0.05, 0) is 19.4 Å². The number of aryl methyl sites for hydroxylation is 1. The van der Waals surface area contributed by atoms with Crippen molar-refractivity contribution in [1.29, 1.82) is 0 Å². The maximum atomic E-state index is 12.6. The van der Waals surface area contributed by atoms with Crippen molar-refractivity contribution < 1.29 is 4.79 Å². The van der Waals surface area contributed by atoms with E-state index >= 15 is 0 Å². The predicted octanol–water partition coefficient (Wildman–Crippen LogP) is 2.59. The molecule has 1 saturated heterocycles. The van der Waals surface area contributed by atoms with Gasteiger partial charge in [-0.3, -0.25) is 4.79 Å². The van der Waals surface area contributed by atoms with Crippen LogP contribution in [0.25, 0.3) is 0 Å². The molecule has 3 atom stereocenters. The molecule has 0 saturated carbocycles. The Morgan fingerprint density at radius 2 is 2.00 bits per heavy atom. The fraction of sp³-hybridized carbons (Fsp3) is 0.562. The Labute approximate surface area is 125 Å². The van der Waals surface area contributed by atoms with Gasteiger partial charge >= 0.3 is 0 Å². The van der Waals surface area contributed by atoms with E-state index in [1.807, 2.05) is 30.5 Å². The average molecular weight is 292 g/mol. The molecule has 2 N–H and O–H groups in total. The SMILES string of the molecule is Cc1ccc(C2CSCCN2C(=O)C(C)C(C)N)cc1. The van der Waals surface area contributed by atoms with E-state index in [2.05, 4.69) is 31.2 Å². The fourth-order valence-electron chi connectivity index (χ4n) is 2.42. The van der Waals surface area contributed by atoms with E-state index in [4.69, 9.17) is 5.73 Å². The zero-order valence-electron chi connectivity index (χ0n) is 12.5. The number of carbonyl (C=O) groups is 1. The smallest absolute Gasteiger partial charge is 0.227 e. The Bertz CT molecular complexity index is 458. The van der Waals surface area contributed by atoms with Crippen molar-refractivity contribution in [1.82, 2.24) is 4.90 Å². The minimum atomic E-state index is -0.119. The minimum absolute atomic E-state index is 0.101. The molecule has 0 aromatic heterocycles. The molecule has 1 heterocycles. The standard InChI is InChI=1S/C16H24N2OS/c1-11-4-6-14(7-5-11)15-10-20-9-8-18(15)16(19)12(2)13(3)17/h4-7,12-13,15H,8-10,17H2,1-3H3. The van der Waals surface area contributed by atoms with Crippen molar-refractivity contribution in [2.24, 2.45) is 11.7 Å². The van der Waals surface area contributed by atoms with E-state index in [9.17, 15) is 4.79 Å². The molecule has 20 heavy (non-hydrogen) atoms. The fourth-order valence-corrected chi connectivity index (χ4v) is 3.51. The molecule has 1 aliphatic heterocycles. The number of rotatable bonds is 3. The second-order valence-corrected chi connectivity index (χ2v) is 6.83. The van der Waals surface area contributed by atoms with Crippen LogP contribution in [0.4, 0.5) is 0 Å². The first-order valence-corrected chi connectivity index (χ1v) is 8.36. The Hall–Kier alpha value is -1.00. The van der Waals surface area contributed by atoms with Crippen LogP contribution in [0.15, 0.2) is 24.3 Å². The lowest BCUT2D eigenvalue weighted by Crippen LogP contribution is -2.46. The van der Waals surface area contributed by atoms with Crippen LogP contribution in [-0.2, 0) is 4.79 Å². The monoisotopic (exact) mass is 292 g/mol. The van der Waals surface area contributed by atoms with Gasteiger partial charge in [-0.2, -0.15) is 11.8 Å². The van der Waals surface area contributed by atoms with Crippen LogP contribution in [-0.4, -0.2) is 34.9 Å². The van der Waals surface area contributed by atoms with Gasteiger partial charge in [0.2, 0.25) is 5.91 Å². The first kappa shape index (κ1) is 15.4. The number of nitrogens with two attached hydrogens (primary N) is 1. The lowest BCUT2D eigenvalue weighted by molar-refractivity contribution is -0.137. The summed E-state index contributed by atoms with van der Waals surface area (Å²) in [6.45, 7) is 6.74. The van der Waals surface area contributed by atoms with Gasteiger partial charge in [0.25, 0.3) is 0 Å². The summed E-state index contributed by atoms with van der Waals surface area (Å²) in [5.74, 6) is 2.05. The van der Waals surface area contributed by atoms with E-state index in [1.54, 1.807) is 0 Å². The maximum absolute atomic E-state index is 12.6. The van der Waals surface area contributed by atoms with Crippen LogP contribution in [0.2, 0.25) is 0 Å². The lowest BCUT2D eigenvalue weighted by Gasteiger charge is -2.38. The zero-order chi connectivity index (χ0) is 14.7. The molecule has 0 spiro atoms. The molecule has 3 unspecified atom stereocenters. The number of amides is 1. The summed E-state index contributed by atoms with van der Waals surface area (Å²) in [5.41, 5.74) is 8.37. The Balaban J connectivity index is 2.21. The molecule has 2 rings (SSSR count). The summed E-state index contributed by atoms with van der Waals surface area (Å²) in [7, 11) is 0. The van der Waals surface area contributed by atoms with Crippen LogP contribution in [0.1, 0.15) is 31.0 Å². The van der Waals surface area contributed by atoms with Crippen LogP contribution in [0.5, 0.6) is 0 Å². The highest BCUT2D eigenvalue weighted by Crippen LogP contribution is 2.31. The molecule has 110 valence electrons. The zero-order valence-corrected chi connectivity index (χ0v) is 13.3. The van der Waals surface area contributed by atoms with Gasteiger partial charge in [-0.25, -0.2) is 0 Å². The second kappa shape index (κ2) is 6.64. The van der Waals surface area contributed by atoms with E-state index < -0.39 is 0 Å². The van der Waals surface area contributed by atoms with Gasteiger partial charge < -0.3 is 10.6 Å². The Morgan fingerprint density at radius 1 is 1.35 bits per heavy atom. The van der Waals surface area contributed by atoms with Crippen molar-refractivity contribution in [2.75, 3.05) is 18.1 Å². The van der Waals surface area contributed by atoms with Gasteiger partial charge in [0, 0.05) is 24.1 Å². The molecule has 1 amide bonds. The summed E-state index contributed by atoms with van der Waals surface area (Å²) >= 11 is 1.92. The molecule has 0 bridgehead atoms.